The Labute approximate surface area is 117 Å². The van der Waals surface area contributed by atoms with Crippen LogP contribution in [0.2, 0.25) is 0 Å². The number of amides is 1. The van der Waals surface area contributed by atoms with Gasteiger partial charge in [-0.3, -0.25) is 4.79 Å². The van der Waals surface area contributed by atoms with E-state index in [1.165, 1.54) is 0 Å². The van der Waals surface area contributed by atoms with Crippen LogP contribution in [0.1, 0.15) is 23.2 Å². The molecule has 1 saturated heterocycles. The lowest BCUT2D eigenvalue weighted by Crippen LogP contribution is -2.40. The second-order valence-electron chi connectivity index (χ2n) is 5.14. The zero-order valence-corrected chi connectivity index (χ0v) is 11.1. The molecule has 1 aromatic carbocycles. The van der Waals surface area contributed by atoms with Crippen molar-refractivity contribution in [2.24, 2.45) is 0 Å². The number of aliphatic hydroxyl groups excluding tert-OH is 1. The monoisotopic (exact) mass is 271 g/mol. The van der Waals surface area contributed by atoms with Gasteiger partial charge in [-0.15, -0.1) is 0 Å². The molecule has 1 aliphatic rings. The molecule has 5 nitrogen and oxygen atoms in total. The summed E-state index contributed by atoms with van der Waals surface area (Å²) in [6.45, 7) is 1.12. The Morgan fingerprint density at radius 2 is 2.00 bits per heavy atom. The number of nitrogens with two attached hydrogens (primary N) is 1. The molecule has 0 radical (unpaired) electrons. The number of carbonyl (C=O) groups excluding carboxylic acids is 1. The van der Waals surface area contributed by atoms with E-state index in [1.807, 2.05) is 24.3 Å². The average molecular weight is 271 g/mol. The van der Waals surface area contributed by atoms with E-state index >= 15 is 0 Å². The second-order valence-corrected chi connectivity index (χ2v) is 5.14. The summed E-state index contributed by atoms with van der Waals surface area (Å²) in [6.07, 6.45) is 0.936. The molecule has 0 spiro atoms. The van der Waals surface area contributed by atoms with Crippen LogP contribution in [0.3, 0.4) is 0 Å². The molecule has 0 saturated carbocycles. The van der Waals surface area contributed by atoms with Crippen molar-refractivity contribution in [1.29, 1.82) is 0 Å². The van der Waals surface area contributed by atoms with Crippen LogP contribution in [0.25, 0.3) is 10.9 Å². The van der Waals surface area contributed by atoms with E-state index in [4.69, 9.17) is 5.73 Å². The Kier molecular flexibility index (Phi) is 3.28. The maximum atomic E-state index is 12.5. The Balaban J connectivity index is 1.93. The fourth-order valence-corrected chi connectivity index (χ4v) is 2.54. The fourth-order valence-electron chi connectivity index (χ4n) is 2.54. The zero-order chi connectivity index (χ0) is 14.1. The van der Waals surface area contributed by atoms with Crippen molar-refractivity contribution >= 4 is 22.6 Å². The fraction of sp³-hybridized carbons (Fsp3) is 0.333. The van der Waals surface area contributed by atoms with Gasteiger partial charge in [0.05, 0.1) is 17.2 Å². The SMILES string of the molecule is Nc1nc2ccccc2cc1C(=O)N1CCC(O)CC1. The number of carbonyl (C=O) groups is 1. The molecule has 0 bridgehead atoms. The Hall–Kier alpha value is -2.14. The van der Waals surface area contributed by atoms with Crippen molar-refractivity contribution in [3.63, 3.8) is 0 Å². The minimum absolute atomic E-state index is 0.104. The lowest BCUT2D eigenvalue weighted by molar-refractivity contribution is 0.0547. The maximum absolute atomic E-state index is 12.5. The topological polar surface area (TPSA) is 79.5 Å². The van der Waals surface area contributed by atoms with E-state index in [9.17, 15) is 9.90 Å². The summed E-state index contributed by atoms with van der Waals surface area (Å²) in [5.41, 5.74) is 7.15. The number of para-hydroxylation sites is 1. The Morgan fingerprint density at radius 1 is 1.30 bits per heavy atom. The summed E-state index contributed by atoms with van der Waals surface area (Å²) in [4.78, 5) is 18.5. The first-order chi connectivity index (χ1) is 9.65. The molecule has 2 aromatic rings. The highest BCUT2D eigenvalue weighted by Crippen LogP contribution is 2.21. The molecule has 1 aromatic heterocycles. The first-order valence-electron chi connectivity index (χ1n) is 6.78. The van der Waals surface area contributed by atoms with Gasteiger partial charge in [0.2, 0.25) is 0 Å². The van der Waals surface area contributed by atoms with Crippen LogP contribution in [0, 0.1) is 0 Å². The van der Waals surface area contributed by atoms with Crippen LogP contribution in [-0.2, 0) is 0 Å². The first-order valence-corrected chi connectivity index (χ1v) is 6.78. The van der Waals surface area contributed by atoms with E-state index in [1.54, 1.807) is 11.0 Å². The molecule has 20 heavy (non-hydrogen) atoms. The van der Waals surface area contributed by atoms with Gasteiger partial charge in [0.25, 0.3) is 5.91 Å². The van der Waals surface area contributed by atoms with Crippen molar-refractivity contribution in [1.82, 2.24) is 9.88 Å². The van der Waals surface area contributed by atoms with Crippen LogP contribution in [0.5, 0.6) is 0 Å². The molecule has 1 aliphatic heterocycles. The second kappa shape index (κ2) is 5.09. The number of aromatic nitrogens is 1. The summed E-state index contributed by atoms with van der Waals surface area (Å²) in [5, 5.41) is 10.4. The van der Waals surface area contributed by atoms with Crippen molar-refractivity contribution in [3.05, 3.63) is 35.9 Å². The maximum Gasteiger partial charge on any atom is 0.257 e. The molecule has 0 atom stereocenters. The van der Waals surface area contributed by atoms with Crippen LogP contribution in [-0.4, -0.2) is 40.1 Å². The predicted molar refractivity (Wildman–Crippen MR) is 77.3 cm³/mol. The van der Waals surface area contributed by atoms with Crippen LogP contribution in [0.4, 0.5) is 5.82 Å². The van der Waals surface area contributed by atoms with E-state index in [-0.39, 0.29) is 17.8 Å². The number of hydrogen-bond acceptors (Lipinski definition) is 4. The molecule has 1 fully saturated rings. The van der Waals surface area contributed by atoms with Gasteiger partial charge in [0.15, 0.2) is 0 Å². The minimum atomic E-state index is -0.300. The van der Waals surface area contributed by atoms with Crippen molar-refractivity contribution in [2.75, 3.05) is 18.8 Å². The third-order valence-electron chi connectivity index (χ3n) is 3.74. The normalized spacial score (nSPS) is 16.6. The smallest absolute Gasteiger partial charge is 0.257 e. The van der Waals surface area contributed by atoms with Crippen molar-refractivity contribution in [2.45, 2.75) is 18.9 Å². The summed E-state index contributed by atoms with van der Waals surface area (Å²) >= 11 is 0. The molecule has 5 heteroatoms. The van der Waals surface area contributed by atoms with Gasteiger partial charge in [-0.1, -0.05) is 18.2 Å². The number of piperidine rings is 1. The number of nitrogens with zero attached hydrogens (tertiary/aromatic N) is 2. The molecule has 1 amide bonds. The highest BCUT2D eigenvalue weighted by atomic mass is 16.3. The highest BCUT2D eigenvalue weighted by Gasteiger charge is 2.24. The quantitative estimate of drug-likeness (QED) is 0.822. The number of aliphatic hydroxyl groups is 1. The van der Waals surface area contributed by atoms with Gasteiger partial charge >= 0.3 is 0 Å². The first kappa shape index (κ1) is 12.9. The summed E-state index contributed by atoms with van der Waals surface area (Å²) in [7, 11) is 0. The Bertz CT molecular complexity index is 649. The van der Waals surface area contributed by atoms with Gasteiger partial charge in [-0.2, -0.15) is 0 Å². The van der Waals surface area contributed by atoms with Gasteiger partial charge in [-0.25, -0.2) is 4.98 Å². The van der Waals surface area contributed by atoms with Crippen LogP contribution >= 0.6 is 0 Å². The molecule has 3 rings (SSSR count). The molecule has 2 heterocycles. The third kappa shape index (κ3) is 2.32. The number of likely N-dealkylation sites (tertiary alicyclic amines) is 1. The number of hydrogen-bond donors (Lipinski definition) is 2. The van der Waals surface area contributed by atoms with Gasteiger partial charge in [0, 0.05) is 18.5 Å². The lowest BCUT2D eigenvalue weighted by Gasteiger charge is -2.29. The number of fused-ring (bicyclic) bond motifs is 1. The number of benzene rings is 1. The van der Waals surface area contributed by atoms with E-state index in [0.29, 0.717) is 31.5 Å². The molecule has 0 unspecified atom stereocenters. The largest absolute Gasteiger partial charge is 0.393 e. The van der Waals surface area contributed by atoms with Gasteiger partial charge in [-0.05, 0) is 25.0 Å². The molecular weight excluding hydrogens is 254 g/mol. The van der Waals surface area contributed by atoms with E-state index in [0.717, 1.165) is 10.9 Å². The van der Waals surface area contributed by atoms with E-state index < -0.39 is 0 Å². The number of pyridine rings is 1. The Morgan fingerprint density at radius 3 is 2.75 bits per heavy atom. The van der Waals surface area contributed by atoms with Crippen molar-refractivity contribution in [3.8, 4) is 0 Å². The summed E-state index contributed by atoms with van der Waals surface area (Å²) < 4.78 is 0. The molecule has 104 valence electrons. The predicted octanol–water partition coefficient (Wildman–Crippen LogP) is 1.41. The third-order valence-corrected chi connectivity index (χ3v) is 3.74. The summed E-state index contributed by atoms with van der Waals surface area (Å²) in [5.74, 6) is 0.160. The molecule has 3 N–H and O–H groups in total. The number of anilines is 1. The van der Waals surface area contributed by atoms with E-state index in [2.05, 4.69) is 4.98 Å². The van der Waals surface area contributed by atoms with Crippen LogP contribution in [0.15, 0.2) is 30.3 Å². The van der Waals surface area contributed by atoms with Crippen molar-refractivity contribution < 1.29 is 9.90 Å². The summed E-state index contributed by atoms with van der Waals surface area (Å²) in [6, 6.07) is 9.38. The standard InChI is InChI=1S/C15H17N3O2/c16-14-12(9-10-3-1-2-4-13(10)17-14)15(20)18-7-5-11(19)6-8-18/h1-4,9,11,19H,5-8H2,(H2,16,17). The van der Waals surface area contributed by atoms with Gasteiger partial charge in [0.1, 0.15) is 5.82 Å². The van der Waals surface area contributed by atoms with Gasteiger partial charge < -0.3 is 15.7 Å². The zero-order valence-electron chi connectivity index (χ0n) is 11.1. The molecule has 0 aliphatic carbocycles. The number of rotatable bonds is 1. The number of nitrogen functional groups attached to an aromatic ring is 1. The minimum Gasteiger partial charge on any atom is -0.393 e. The average Bonchev–Trinajstić information content (AvgIpc) is 2.46. The lowest BCUT2D eigenvalue weighted by atomic mass is 10.1. The van der Waals surface area contributed by atoms with Crippen LogP contribution < -0.4 is 5.73 Å². The highest BCUT2D eigenvalue weighted by molar-refractivity contribution is 6.01. The molecular formula is C15H17N3O2.